The smallest absolute Gasteiger partial charge is 0.262 e. The Morgan fingerprint density at radius 1 is 1.04 bits per heavy atom. The van der Waals surface area contributed by atoms with Crippen LogP contribution in [0.5, 0.6) is 11.5 Å². The predicted octanol–water partition coefficient (Wildman–Crippen LogP) is 4.62. The van der Waals surface area contributed by atoms with E-state index in [2.05, 4.69) is 19.2 Å². The molecule has 128 valence electrons. The van der Waals surface area contributed by atoms with E-state index in [0.717, 1.165) is 6.42 Å². The third-order valence-electron chi connectivity index (χ3n) is 3.54. The summed E-state index contributed by atoms with van der Waals surface area (Å²) in [6.07, 6.45) is 0.914. The molecule has 0 aliphatic heterocycles. The molecule has 0 radical (unpaired) electrons. The van der Waals surface area contributed by atoms with Gasteiger partial charge in [0.25, 0.3) is 5.91 Å². The first-order valence-corrected chi connectivity index (χ1v) is 8.34. The predicted molar refractivity (Wildman–Crippen MR) is 96.9 cm³/mol. The second kappa shape index (κ2) is 8.96. The van der Waals surface area contributed by atoms with Crippen LogP contribution in [0.4, 0.5) is 5.69 Å². The van der Waals surface area contributed by atoms with E-state index >= 15 is 0 Å². The van der Waals surface area contributed by atoms with Crippen molar-refractivity contribution in [3.8, 4) is 11.5 Å². The molecule has 0 aliphatic carbocycles. The molecule has 4 nitrogen and oxygen atoms in total. The highest BCUT2D eigenvalue weighted by molar-refractivity contribution is 5.93. The standard InChI is InChI=1S/C20H25NO3/c1-4-13-23-19-8-6-5-7-18(19)21-20(22)14-24-17-11-9-16(10-12-17)15(2)3/h5-12,15H,4,13-14H2,1-3H3,(H,21,22). The summed E-state index contributed by atoms with van der Waals surface area (Å²) in [5.74, 6) is 1.62. The van der Waals surface area contributed by atoms with Gasteiger partial charge in [0, 0.05) is 0 Å². The zero-order valence-electron chi connectivity index (χ0n) is 14.5. The van der Waals surface area contributed by atoms with Gasteiger partial charge in [-0.3, -0.25) is 4.79 Å². The minimum Gasteiger partial charge on any atom is -0.491 e. The highest BCUT2D eigenvalue weighted by Crippen LogP contribution is 2.24. The van der Waals surface area contributed by atoms with Crippen LogP contribution in [0.1, 0.15) is 38.7 Å². The zero-order chi connectivity index (χ0) is 17.4. The highest BCUT2D eigenvalue weighted by atomic mass is 16.5. The monoisotopic (exact) mass is 327 g/mol. The van der Waals surface area contributed by atoms with Gasteiger partial charge in [-0.1, -0.05) is 45.0 Å². The van der Waals surface area contributed by atoms with Gasteiger partial charge in [0.05, 0.1) is 12.3 Å². The van der Waals surface area contributed by atoms with Crippen molar-refractivity contribution in [1.29, 1.82) is 0 Å². The largest absolute Gasteiger partial charge is 0.491 e. The summed E-state index contributed by atoms with van der Waals surface area (Å²) in [5, 5.41) is 2.83. The molecule has 0 spiro atoms. The number of hydrogen-bond acceptors (Lipinski definition) is 3. The maximum absolute atomic E-state index is 12.1. The maximum atomic E-state index is 12.1. The summed E-state index contributed by atoms with van der Waals surface area (Å²) in [7, 11) is 0. The molecule has 4 heteroatoms. The SMILES string of the molecule is CCCOc1ccccc1NC(=O)COc1ccc(C(C)C)cc1. The molecule has 24 heavy (non-hydrogen) atoms. The second-order valence-corrected chi connectivity index (χ2v) is 5.91. The molecule has 1 amide bonds. The van der Waals surface area contributed by atoms with Crippen LogP contribution in [0.25, 0.3) is 0 Å². The number of hydrogen-bond donors (Lipinski definition) is 1. The maximum Gasteiger partial charge on any atom is 0.262 e. The van der Waals surface area contributed by atoms with Gasteiger partial charge in [-0.25, -0.2) is 0 Å². The Bertz CT molecular complexity index is 650. The average molecular weight is 327 g/mol. The van der Waals surface area contributed by atoms with Crippen LogP contribution in [0.2, 0.25) is 0 Å². The van der Waals surface area contributed by atoms with E-state index in [9.17, 15) is 4.79 Å². The molecule has 0 saturated carbocycles. The van der Waals surface area contributed by atoms with Crippen LogP contribution in [-0.4, -0.2) is 19.1 Å². The molecule has 2 aromatic carbocycles. The zero-order valence-corrected chi connectivity index (χ0v) is 14.5. The van der Waals surface area contributed by atoms with Crippen molar-refractivity contribution in [2.45, 2.75) is 33.1 Å². The lowest BCUT2D eigenvalue weighted by Gasteiger charge is -2.12. The van der Waals surface area contributed by atoms with Crippen molar-refractivity contribution in [2.24, 2.45) is 0 Å². The quantitative estimate of drug-likeness (QED) is 0.770. The Morgan fingerprint density at radius 3 is 2.42 bits per heavy atom. The van der Waals surface area contributed by atoms with E-state index in [1.165, 1.54) is 5.56 Å². The first-order chi connectivity index (χ1) is 11.6. The number of anilines is 1. The van der Waals surface area contributed by atoms with Gasteiger partial charge >= 0.3 is 0 Å². The number of carbonyl (C=O) groups is 1. The summed E-state index contributed by atoms with van der Waals surface area (Å²) in [6, 6.07) is 15.2. The molecule has 0 bridgehead atoms. The van der Waals surface area contributed by atoms with Gasteiger partial charge in [0.1, 0.15) is 11.5 Å². The fourth-order valence-corrected chi connectivity index (χ4v) is 2.19. The topological polar surface area (TPSA) is 47.6 Å². The second-order valence-electron chi connectivity index (χ2n) is 5.91. The van der Waals surface area contributed by atoms with Crippen LogP contribution < -0.4 is 14.8 Å². The Labute approximate surface area is 143 Å². The molecule has 0 heterocycles. The Balaban J connectivity index is 1.89. The van der Waals surface area contributed by atoms with Crippen molar-refractivity contribution in [3.05, 3.63) is 54.1 Å². The molecule has 2 aromatic rings. The van der Waals surface area contributed by atoms with Crippen molar-refractivity contribution in [1.82, 2.24) is 0 Å². The number of ether oxygens (including phenoxy) is 2. The van der Waals surface area contributed by atoms with E-state index in [4.69, 9.17) is 9.47 Å². The molecule has 0 fully saturated rings. The Hall–Kier alpha value is -2.49. The van der Waals surface area contributed by atoms with Crippen LogP contribution in [0, 0.1) is 0 Å². The molecule has 0 unspecified atom stereocenters. The molecule has 0 aliphatic rings. The first-order valence-electron chi connectivity index (χ1n) is 8.34. The molecule has 2 rings (SSSR count). The lowest BCUT2D eigenvalue weighted by molar-refractivity contribution is -0.118. The molecule has 0 aromatic heterocycles. The lowest BCUT2D eigenvalue weighted by Crippen LogP contribution is -2.20. The third-order valence-corrected chi connectivity index (χ3v) is 3.54. The fourth-order valence-electron chi connectivity index (χ4n) is 2.19. The van der Waals surface area contributed by atoms with E-state index < -0.39 is 0 Å². The molecular formula is C20H25NO3. The fraction of sp³-hybridized carbons (Fsp3) is 0.350. The van der Waals surface area contributed by atoms with Crippen molar-refractivity contribution in [2.75, 3.05) is 18.5 Å². The van der Waals surface area contributed by atoms with Crippen molar-refractivity contribution in [3.63, 3.8) is 0 Å². The lowest BCUT2D eigenvalue weighted by atomic mass is 10.0. The van der Waals surface area contributed by atoms with E-state index in [1.807, 2.05) is 55.5 Å². The minimum atomic E-state index is -0.213. The highest BCUT2D eigenvalue weighted by Gasteiger charge is 2.08. The first kappa shape index (κ1) is 17.9. The average Bonchev–Trinajstić information content (AvgIpc) is 2.59. The summed E-state index contributed by atoms with van der Waals surface area (Å²) in [5.41, 5.74) is 1.91. The summed E-state index contributed by atoms with van der Waals surface area (Å²) < 4.78 is 11.2. The van der Waals surface area contributed by atoms with Gasteiger partial charge < -0.3 is 14.8 Å². The molecule has 0 saturated heterocycles. The van der Waals surface area contributed by atoms with E-state index in [1.54, 1.807) is 0 Å². The van der Waals surface area contributed by atoms with Crippen LogP contribution in [0.15, 0.2) is 48.5 Å². The van der Waals surface area contributed by atoms with Crippen LogP contribution >= 0.6 is 0 Å². The van der Waals surface area contributed by atoms with E-state index in [-0.39, 0.29) is 12.5 Å². The van der Waals surface area contributed by atoms with Crippen molar-refractivity contribution < 1.29 is 14.3 Å². The Kier molecular flexibility index (Phi) is 6.67. The Morgan fingerprint density at radius 2 is 1.75 bits per heavy atom. The van der Waals surface area contributed by atoms with Crippen LogP contribution in [-0.2, 0) is 4.79 Å². The van der Waals surface area contributed by atoms with Gasteiger partial charge in [0.2, 0.25) is 0 Å². The molecule has 0 atom stereocenters. The summed E-state index contributed by atoms with van der Waals surface area (Å²) in [6.45, 7) is 6.90. The van der Waals surface area contributed by atoms with Crippen molar-refractivity contribution >= 4 is 11.6 Å². The number of benzene rings is 2. The number of para-hydroxylation sites is 2. The number of amides is 1. The summed E-state index contributed by atoms with van der Waals surface area (Å²) >= 11 is 0. The number of rotatable bonds is 8. The van der Waals surface area contributed by atoms with Gasteiger partial charge in [-0.05, 0) is 42.2 Å². The molecule has 1 N–H and O–H groups in total. The van der Waals surface area contributed by atoms with E-state index in [0.29, 0.717) is 29.7 Å². The third kappa shape index (κ3) is 5.30. The van der Waals surface area contributed by atoms with Crippen LogP contribution in [0.3, 0.4) is 0 Å². The minimum absolute atomic E-state index is 0.0386. The van der Waals surface area contributed by atoms with Gasteiger partial charge in [-0.2, -0.15) is 0 Å². The van der Waals surface area contributed by atoms with Gasteiger partial charge in [-0.15, -0.1) is 0 Å². The normalized spacial score (nSPS) is 10.5. The molecular weight excluding hydrogens is 302 g/mol. The number of carbonyl (C=O) groups excluding carboxylic acids is 1. The van der Waals surface area contributed by atoms with Gasteiger partial charge in [0.15, 0.2) is 6.61 Å². The summed E-state index contributed by atoms with van der Waals surface area (Å²) in [4.78, 5) is 12.1. The number of nitrogens with one attached hydrogen (secondary N) is 1.